The highest BCUT2D eigenvalue weighted by Gasteiger charge is 2.31. The molecule has 3 N–H and O–H groups in total. The van der Waals surface area contributed by atoms with Crippen molar-refractivity contribution in [3.05, 3.63) is 0 Å². The number of unbranched alkanes of at least 4 members (excludes halogenated alkanes) is 3. The summed E-state index contributed by atoms with van der Waals surface area (Å²) in [5.74, 6) is -1.46. The fourth-order valence-electron chi connectivity index (χ4n) is 1.61. The van der Waals surface area contributed by atoms with Gasteiger partial charge in [0.1, 0.15) is 0 Å². The fourth-order valence-corrected chi connectivity index (χ4v) is 2.29. The van der Waals surface area contributed by atoms with E-state index in [1.165, 1.54) is 6.92 Å². The number of hydrogen-bond acceptors (Lipinski definition) is 3. The van der Waals surface area contributed by atoms with Crippen molar-refractivity contribution >= 4 is 16.0 Å². The van der Waals surface area contributed by atoms with Gasteiger partial charge in [0.15, 0.2) is 0 Å². The van der Waals surface area contributed by atoms with Gasteiger partial charge in [-0.2, -0.15) is 8.42 Å². The van der Waals surface area contributed by atoms with E-state index in [1.807, 2.05) is 0 Å². The van der Waals surface area contributed by atoms with Crippen molar-refractivity contribution in [3.8, 4) is 0 Å². The Morgan fingerprint density at radius 3 is 2.25 bits per heavy atom. The van der Waals surface area contributed by atoms with E-state index < -0.39 is 27.2 Å². The predicted molar refractivity (Wildman–Crippen MR) is 62.5 cm³/mol. The van der Waals surface area contributed by atoms with Gasteiger partial charge in [-0.3, -0.25) is 9.35 Å². The third-order valence-electron chi connectivity index (χ3n) is 2.77. The quantitative estimate of drug-likeness (QED) is 0.502. The first-order chi connectivity index (χ1) is 7.30. The maximum atomic E-state index is 11.1. The first kappa shape index (κ1) is 15.4. The van der Waals surface area contributed by atoms with Crippen LogP contribution in [0.4, 0.5) is 0 Å². The molecular weight excluding hydrogens is 230 g/mol. The SMILES string of the molecule is CCCCCCC(C(N)=O)C(C)S(=O)(=O)O. The zero-order valence-corrected chi connectivity index (χ0v) is 10.7. The first-order valence-electron chi connectivity index (χ1n) is 5.56. The lowest BCUT2D eigenvalue weighted by atomic mass is 9.97. The predicted octanol–water partition coefficient (Wildman–Crippen LogP) is 1.33. The van der Waals surface area contributed by atoms with Crippen LogP contribution in [0.1, 0.15) is 46.0 Å². The molecule has 0 saturated carbocycles. The van der Waals surface area contributed by atoms with Crippen LogP contribution in [0.2, 0.25) is 0 Å². The number of amides is 1. The Kier molecular flexibility index (Phi) is 6.59. The summed E-state index contributed by atoms with van der Waals surface area (Å²) >= 11 is 0. The molecule has 6 heteroatoms. The summed E-state index contributed by atoms with van der Waals surface area (Å²) in [6.07, 6.45) is 4.22. The maximum absolute atomic E-state index is 11.1. The van der Waals surface area contributed by atoms with E-state index in [1.54, 1.807) is 0 Å². The number of primary amides is 1. The maximum Gasteiger partial charge on any atom is 0.268 e. The van der Waals surface area contributed by atoms with Gasteiger partial charge in [0.25, 0.3) is 10.1 Å². The van der Waals surface area contributed by atoms with Crippen LogP contribution in [-0.2, 0) is 14.9 Å². The van der Waals surface area contributed by atoms with Crippen molar-refractivity contribution < 1.29 is 17.8 Å². The van der Waals surface area contributed by atoms with Gasteiger partial charge in [0, 0.05) is 0 Å². The average molecular weight is 251 g/mol. The van der Waals surface area contributed by atoms with Crippen molar-refractivity contribution in [3.63, 3.8) is 0 Å². The lowest BCUT2D eigenvalue weighted by molar-refractivity contribution is -0.122. The Hall–Kier alpha value is -0.620. The lowest BCUT2D eigenvalue weighted by Crippen LogP contribution is -2.36. The van der Waals surface area contributed by atoms with Crippen molar-refractivity contribution in [2.45, 2.75) is 51.2 Å². The highest BCUT2D eigenvalue weighted by atomic mass is 32.2. The minimum Gasteiger partial charge on any atom is -0.369 e. The number of carbonyl (C=O) groups excluding carboxylic acids is 1. The van der Waals surface area contributed by atoms with Crippen molar-refractivity contribution in [1.82, 2.24) is 0 Å². The van der Waals surface area contributed by atoms with E-state index in [0.29, 0.717) is 6.42 Å². The van der Waals surface area contributed by atoms with Crippen LogP contribution in [0.3, 0.4) is 0 Å². The molecule has 0 bridgehead atoms. The Labute approximate surface area is 97.2 Å². The van der Waals surface area contributed by atoms with Gasteiger partial charge >= 0.3 is 0 Å². The van der Waals surface area contributed by atoms with Crippen LogP contribution in [0.25, 0.3) is 0 Å². The van der Waals surface area contributed by atoms with E-state index in [9.17, 15) is 13.2 Å². The lowest BCUT2D eigenvalue weighted by Gasteiger charge is -2.18. The normalized spacial score (nSPS) is 15.7. The van der Waals surface area contributed by atoms with Gasteiger partial charge in [-0.15, -0.1) is 0 Å². The molecule has 0 aromatic rings. The summed E-state index contributed by atoms with van der Waals surface area (Å²) in [6.45, 7) is 3.37. The van der Waals surface area contributed by atoms with Gasteiger partial charge in [0.05, 0.1) is 11.2 Å². The summed E-state index contributed by atoms with van der Waals surface area (Å²) in [6, 6.07) is 0. The Bertz CT molecular complexity index is 313. The Morgan fingerprint density at radius 1 is 1.31 bits per heavy atom. The van der Waals surface area contributed by atoms with E-state index >= 15 is 0 Å². The second-order valence-electron chi connectivity index (χ2n) is 4.08. The molecule has 0 spiro atoms. The molecule has 16 heavy (non-hydrogen) atoms. The van der Waals surface area contributed by atoms with E-state index in [4.69, 9.17) is 10.3 Å². The van der Waals surface area contributed by atoms with Crippen LogP contribution in [0.15, 0.2) is 0 Å². The van der Waals surface area contributed by atoms with Gasteiger partial charge < -0.3 is 5.73 Å². The zero-order valence-electron chi connectivity index (χ0n) is 9.85. The molecule has 0 saturated heterocycles. The number of nitrogens with two attached hydrogens (primary N) is 1. The van der Waals surface area contributed by atoms with Gasteiger partial charge in [0.2, 0.25) is 5.91 Å². The van der Waals surface area contributed by atoms with Crippen LogP contribution < -0.4 is 5.73 Å². The first-order valence-corrected chi connectivity index (χ1v) is 7.06. The molecule has 0 rings (SSSR count). The largest absolute Gasteiger partial charge is 0.369 e. The molecule has 1 amide bonds. The van der Waals surface area contributed by atoms with Gasteiger partial charge in [-0.05, 0) is 13.3 Å². The third-order valence-corrected chi connectivity index (χ3v) is 4.04. The summed E-state index contributed by atoms with van der Waals surface area (Å²) in [5.41, 5.74) is 5.13. The monoisotopic (exact) mass is 251 g/mol. The molecular formula is C10H21NO4S. The minimum absolute atomic E-state index is 0.413. The Morgan fingerprint density at radius 2 is 1.88 bits per heavy atom. The Balaban J connectivity index is 4.35. The van der Waals surface area contributed by atoms with Crippen LogP contribution in [0, 0.1) is 5.92 Å². The molecule has 0 aliphatic carbocycles. The number of rotatable bonds is 8. The van der Waals surface area contributed by atoms with E-state index in [2.05, 4.69) is 6.92 Å². The second-order valence-corrected chi connectivity index (χ2v) is 5.85. The van der Waals surface area contributed by atoms with E-state index in [-0.39, 0.29) is 0 Å². The molecule has 0 aromatic carbocycles. The molecule has 0 heterocycles. The second kappa shape index (κ2) is 6.85. The molecule has 0 radical (unpaired) electrons. The highest BCUT2D eigenvalue weighted by molar-refractivity contribution is 7.86. The molecule has 0 aliphatic rings. The molecule has 2 atom stereocenters. The standard InChI is InChI=1S/C10H21NO4S/c1-3-4-5-6-7-9(10(11)12)8(2)16(13,14)15/h8-9H,3-7H2,1-2H3,(H2,11,12)(H,13,14,15). The van der Waals surface area contributed by atoms with Crippen molar-refractivity contribution in [2.24, 2.45) is 11.7 Å². The zero-order chi connectivity index (χ0) is 12.8. The summed E-state index contributed by atoms with van der Waals surface area (Å²) in [7, 11) is -4.19. The topological polar surface area (TPSA) is 97.5 Å². The average Bonchev–Trinajstić information content (AvgIpc) is 2.15. The summed E-state index contributed by atoms with van der Waals surface area (Å²) in [4.78, 5) is 11.1. The highest BCUT2D eigenvalue weighted by Crippen LogP contribution is 2.19. The number of carbonyl (C=O) groups is 1. The molecule has 96 valence electrons. The molecule has 0 aliphatic heterocycles. The molecule has 2 unspecified atom stereocenters. The van der Waals surface area contributed by atoms with Crippen LogP contribution in [-0.4, -0.2) is 24.1 Å². The third kappa shape index (κ3) is 5.46. The van der Waals surface area contributed by atoms with Gasteiger partial charge in [-0.25, -0.2) is 0 Å². The van der Waals surface area contributed by atoms with E-state index in [0.717, 1.165) is 25.7 Å². The smallest absolute Gasteiger partial charge is 0.268 e. The fraction of sp³-hybridized carbons (Fsp3) is 0.900. The van der Waals surface area contributed by atoms with Crippen LogP contribution >= 0.6 is 0 Å². The molecule has 5 nitrogen and oxygen atoms in total. The molecule has 0 aromatic heterocycles. The van der Waals surface area contributed by atoms with Crippen molar-refractivity contribution in [2.75, 3.05) is 0 Å². The number of hydrogen-bond donors (Lipinski definition) is 2. The minimum atomic E-state index is -4.19. The van der Waals surface area contributed by atoms with Gasteiger partial charge in [-0.1, -0.05) is 32.6 Å². The van der Waals surface area contributed by atoms with Crippen LogP contribution in [0.5, 0.6) is 0 Å². The molecule has 0 fully saturated rings. The van der Waals surface area contributed by atoms with Crippen molar-refractivity contribution in [1.29, 1.82) is 0 Å². The summed E-state index contributed by atoms with van der Waals surface area (Å²) in [5, 5.41) is -1.12. The summed E-state index contributed by atoms with van der Waals surface area (Å²) < 4.78 is 30.7.